The molecular weight excluding hydrogens is 158 g/mol. The van der Waals surface area contributed by atoms with Crippen LogP contribution in [0, 0.1) is 11.3 Å². The van der Waals surface area contributed by atoms with Gasteiger partial charge in [0, 0.05) is 0 Å². The molecule has 0 saturated carbocycles. The molecule has 0 rings (SSSR count). The van der Waals surface area contributed by atoms with Gasteiger partial charge in [0.1, 0.15) is 6.61 Å². The zero-order valence-corrected chi connectivity index (χ0v) is 6.69. The summed E-state index contributed by atoms with van der Waals surface area (Å²) >= 11 is 0. The Balaban J connectivity index is 3.55. The molecule has 0 aliphatic heterocycles. The quantitative estimate of drug-likeness (QED) is 0.477. The highest BCUT2D eigenvalue weighted by molar-refractivity contribution is 5.70. The van der Waals surface area contributed by atoms with Gasteiger partial charge in [0.25, 0.3) is 0 Å². The average Bonchev–Trinajstić information content (AvgIpc) is 2.01. The van der Waals surface area contributed by atoms with E-state index in [0.717, 1.165) is 0 Å². The van der Waals surface area contributed by atoms with Crippen LogP contribution in [0.15, 0.2) is 12.7 Å². The number of hydrogen-bond acceptors (Lipinski definition) is 4. The lowest BCUT2D eigenvalue weighted by molar-refractivity contribution is -0.144. The Morgan fingerprint density at radius 2 is 2.50 bits per heavy atom. The summed E-state index contributed by atoms with van der Waals surface area (Å²) in [5, 5.41) is 17.1. The van der Waals surface area contributed by atoms with Gasteiger partial charge in [-0.2, -0.15) is 5.26 Å². The molecule has 0 fully saturated rings. The molecule has 0 aliphatic carbocycles. The molecule has 12 heavy (non-hydrogen) atoms. The van der Waals surface area contributed by atoms with Crippen LogP contribution in [0.5, 0.6) is 0 Å². The van der Waals surface area contributed by atoms with E-state index < -0.39 is 12.1 Å². The summed E-state index contributed by atoms with van der Waals surface area (Å²) < 4.78 is 4.58. The number of esters is 1. The van der Waals surface area contributed by atoms with Crippen LogP contribution in [0.2, 0.25) is 0 Å². The highest BCUT2D eigenvalue weighted by atomic mass is 16.5. The molecular formula is C8H11NO3. The number of ether oxygens (including phenoxy) is 1. The van der Waals surface area contributed by atoms with Crippen LogP contribution in [0.4, 0.5) is 0 Å². The first-order chi connectivity index (χ1) is 5.70. The Hall–Kier alpha value is -1.34. The van der Waals surface area contributed by atoms with Crippen molar-refractivity contribution >= 4 is 5.97 Å². The number of rotatable bonds is 5. The molecule has 0 amide bonds. The molecule has 0 heterocycles. The number of carbonyl (C=O) groups excluding carboxylic acids is 1. The van der Waals surface area contributed by atoms with Crippen molar-refractivity contribution in [1.29, 1.82) is 5.26 Å². The summed E-state index contributed by atoms with van der Waals surface area (Å²) in [5.74, 6) is -0.516. The van der Waals surface area contributed by atoms with Gasteiger partial charge in [-0.3, -0.25) is 4.79 Å². The van der Waals surface area contributed by atoms with Gasteiger partial charge < -0.3 is 9.84 Å². The molecule has 0 radical (unpaired) electrons. The van der Waals surface area contributed by atoms with Crippen molar-refractivity contribution in [3.05, 3.63) is 12.7 Å². The second-order valence-electron chi connectivity index (χ2n) is 2.19. The topological polar surface area (TPSA) is 70.3 Å². The lowest BCUT2D eigenvalue weighted by Crippen LogP contribution is -2.15. The van der Waals surface area contributed by atoms with E-state index in [4.69, 9.17) is 10.4 Å². The minimum atomic E-state index is -0.924. The van der Waals surface area contributed by atoms with E-state index in [0.29, 0.717) is 0 Å². The first-order valence-electron chi connectivity index (χ1n) is 3.52. The van der Waals surface area contributed by atoms with E-state index in [2.05, 4.69) is 11.3 Å². The summed E-state index contributed by atoms with van der Waals surface area (Å²) in [6, 6.07) is 1.75. The van der Waals surface area contributed by atoms with Gasteiger partial charge in [-0.1, -0.05) is 12.7 Å². The van der Waals surface area contributed by atoms with Crippen LogP contribution in [0.3, 0.4) is 0 Å². The van der Waals surface area contributed by atoms with Gasteiger partial charge in [-0.25, -0.2) is 0 Å². The first-order valence-corrected chi connectivity index (χ1v) is 3.52. The van der Waals surface area contributed by atoms with Crippen LogP contribution >= 0.6 is 0 Å². The van der Waals surface area contributed by atoms with Crippen LogP contribution in [-0.4, -0.2) is 23.8 Å². The largest absolute Gasteiger partial charge is 0.461 e. The fourth-order valence-electron chi connectivity index (χ4n) is 0.581. The highest BCUT2D eigenvalue weighted by Gasteiger charge is 2.10. The molecule has 0 unspecified atom stereocenters. The lowest BCUT2D eigenvalue weighted by atomic mass is 10.2. The van der Waals surface area contributed by atoms with Crippen molar-refractivity contribution in [3.63, 3.8) is 0 Å². The third kappa shape index (κ3) is 5.45. The fraction of sp³-hybridized carbons (Fsp3) is 0.500. The Morgan fingerprint density at radius 1 is 1.83 bits per heavy atom. The molecule has 0 aromatic heterocycles. The molecule has 0 aromatic carbocycles. The molecule has 0 aromatic rings. The van der Waals surface area contributed by atoms with E-state index >= 15 is 0 Å². The Morgan fingerprint density at radius 3 is 3.00 bits per heavy atom. The van der Waals surface area contributed by atoms with Gasteiger partial charge in [-0.05, 0) is 0 Å². The zero-order chi connectivity index (χ0) is 9.40. The number of aliphatic hydroxyl groups excluding tert-OH is 1. The normalized spacial score (nSPS) is 11.3. The minimum Gasteiger partial charge on any atom is -0.461 e. The summed E-state index contributed by atoms with van der Waals surface area (Å²) in [6.45, 7) is 3.49. The lowest BCUT2D eigenvalue weighted by Gasteiger charge is -2.04. The molecule has 0 spiro atoms. The molecule has 0 saturated heterocycles. The molecule has 4 nitrogen and oxygen atoms in total. The van der Waals surface area contributed by atoms with Crippen molar-refractivity contribution in [1.82, 2.24) is 0 Å². The molecule has 0 bridgehead atoms. The van der Waals surface area contributed by atoms with Crippen molar-refractivity contribution < 1.29 is 14.6 Å². The summed E-state index contributed by atoms with van der Waals surface area (Å²) in [6.07, 6.45) is 0.325. The maximum Gasteiger partial charge on any atom is 0.308 e. The molecule has 0 aliphatic rings. The zero-order valence-electron chi connectivity index (χ0n) is 6.69. The van der Waals surface area contributed by atoms with Gasteiger partial charge in [-0.15, -0.1) is 0 Å². The maximum absolute atomic E-state index is 10.7. The predicted octanol–water partition coefficient (Wildman–Crippen LogP) is 0.380. The smallest absolute Gasteiger partial charge is 0.308 e. The third-order valence-corrected chi connectivity index (χ3v) is 1.09. The summed E-state index contributed by atoms with van der Waals surface area (Å²) in [4.78, 5) is 10.7. The SMILES string of the molecule is C=CCOC(=O)C[C@H](O)CC#N. The van der Waals surface area contributed by atoms with Crippen molar-refractivity contribution in [2.75, 3.05) is 6.61 Å². The second kappa shape index (κ2) is 6.38. The standard InChI is InChI=1S/C8H11NO3/c1-2-5-12-8(11)6-7(10)3-4-9/h2,7,10H,1,3,5-6H2/t7-/m1/s1. The van der Waals surface area contributed by atoms with Gasteiger partial charge >= 0.3 is 5.97 Å². The van der Waals surface area contributed by atoms with E-state index in [1.54, 1.807) is 6.07 Å². The van der Waals surface area contributed by atoms with E-state index in [1.807, 2.05) is 0 Å². The number of carbonyl (C=O) groups is 1. The summed E-state index contributed by atoms with van der Waals surface area (Å²) in [5.41, 5.74) is 0. The van der Waals surface area contributed by atoms with E-state index in [1.165, 1.54) is 6.08 Å². The van der Waals surface area contributed by atoms with E-state index in [9.17, 15) is 4.79 Å². The fourth-order valence-corrected chi connectivity index (χ4v) is 0.581. The number of hydrogen-bond donors (Lipinski definition) is 1. The van der Waals surface area contributed by atoms with Gasteiger partial charge in [0.2, 0.25) is 0 Å². The van der Waals surface area contributed by atoms with Crippen LogP contribution in [0.25, 0.3) is 0 Å². The Kier molecular flexibility index (Phi) is 5.66. The molecule has 1 N–H and O–H groups in total. The second-order valence-corrected chi connectivity index (χ2v) is 2.19. The summed E-state index contributed by atoms with van der Waals surface area (Å²) in [7, 11) is 0. The van der Waals surface area contributed by atoms with Crippen LogP contribution in [-0.2, 0) is 9.53 Å². The number of nitriles is 1. The Labute approximate surface area is 71.1 Å². The maximum atomic E-state index is 10.7. The Bertz CT molecular complexity index is 195. The van der Waals surface area contributed by atoms with Gasteiger partial charge in [0.05, 0.1) is 25.0 Å². The van der Waals surface area contributed by atoms with Crippen LogP contribution in [0.1, 0.15) is 12.8 Å². The molecule has 1 atom stereocenters. The predicted molar refractivity (Wildman–Crippen MR) is 42.0 cm³/mol. The third-order valence-electron chi connectivity index (χ3n) is 1.09. The van der Waals surface area contributed by atoms with Gasteiger partial charge in [0.15, 0.2) is 0 Å². The monoisotopic (exact) mass is 169 g/mol. The van der Waals surface area contributed by atoms with Crippen molar-refractivity contribution in [2.45, 2.75) is 18.9 Å². The average molecular weight is 169 g/mol. The molecule has 4 heteroatoms. The minimum absolute atomic E-state index is 0.0524. The highest BCUT2D eigenvalue weighted by Crippen LogP contribution is 1.98. The molecule has 66 valence electrons. The van der Waals surface area contributed by atoms with Crippen molar-refractivity contribution in [3.8, 4) is 6.07 Å². The van der Waals surface area contributed by atoms with Crippen LogP contribution < -0.4 is 0 Å². The van der Waals surface area contributed by atoms with Crippen molar-refractivity contribution in [2.24, 2.45) is 0 Å². The first kappa shape index (κ1) is 10.7. The van der Waals surface area contributed by atoms with E-state index in [-0.39, 0.29) is 19.4 Å². The number of aliphatic hydroxyl groups is 1. The number of nitrogens with zero attached hydrogens (tertiary/aromatic N) is 1.